The highest BCUT2D eigenvalue weighted by Gasteiger charge is 2.35. The molecule has 4 rings (SSSR count). The molecule has 1 fully saturated rings. The summed E-state index contributed by atoms with van der Waals surface area (Å²) in [4.78, 5) is 38.9. The maximum absolute atomic E-state index is 12.6. The summed E-state index contributed by atoms with van der Waals surface area (Å²) < 4.78 is 5.59. The van der Waals surface area contributed by atoms with E-state index in [0.717, 1.165) is 22.4 Å². The SMILES string of the molecule is Cc1ccc(NC(=O)COc2ccc(N3C[C@H](C(=O)NCc4ccccc4)CC3=O)cc2)cc1C. The quantitative estimate of drug-likeness (QED) is 0.520. The minimum absolute atomic E-state index is 0.0914. The van der Waals surface area contributed by atoms with E-state index < -0.39 is 5.92 Å². The molecule has 3 amide bonds. The zero-order chi connectivity index (χ0) is 24.8. The average molecular weight is 472 g/mol. The van der Waals surface area contributed by atoms with E-state index in [0.29, 0.717) is 24.5 Å². The molecule has 0 radical (unpaired) electrons. The highest BCUT2D eigenvalue weighted by Crippen LogP contribution is 2.27. The normalized spacial score (nSPS) is 15.1. The fourth-order valence-electron chi connectivity index (χ4n) is 3.95. The highest BCUT2D eigenvalue weighted by atomic mass is 16.5. The molecular weight excluding hydrogens is 442 g/mol. The number of carbonyl (C=O) groups is 3. The molecule has 0 spiro atoms. The van der Waals surface area contributed by atoms with Gasteiger partial charge in [-0.25, -0.2) is 0 Å². The lowest BCUT2D eigenvalue weighted by atomic mass is 10.1. The van der Waals surface area contributed by atoms with E-state index in [-0.39, 0.29) is 30.7 Å². The van der Waals surface area contributed by atoms with Gasteiger partial charge in [0.25, 0.3) is 5.91 Å². The second kappa shape index (κ2) is 10.9. The summed E-state index contributed by atoms with van der Waals surface area (Å²) in [6, 6.07) is 22.4. The fraction of sp³-hybridized carbons (Fsp3) is 0.250. The monoisotopic (exact) mass is 471 g/mol. The third-order valence-electron chi connectivity index (χ3n) is 6.11. The van der Waals surface area contributed by atoms with Crippen molar-refractivity contribution in [3.05, 3.63) is 89.5 Å². The number of amides is 3. The van der Waals surface area contributed by atoms with E-state index >= 15 is 0 Å². The molecule has 7 nitrogen and oxygen atoms in total. The fourth-order valence-corrected chi connectivity index (χ4v) is 3.95. The number of nitrogens with one attached hydrogen (secondary N) is 2. The van der Waals surface area contributed by atoms with Crippen LogP contribution in [-0.4, -0.2) is 30.9 Å². The van der Waals surface area contributed by atoms with Crippen LogP contribution in [0.2, 0.25) is 0 Å². The Morgan fingerprint density at radius 1 is 0.971 bits per heavy atom. The average Bonchev–Trinajstić information content (AvgIpc) is 3.26. The Morgan fingerprint density at radius 3 is 2.43 bits per heavy atom. The maximum Gasteiger partial charge on any atom is 0.262 e. The van der Waals surface area contributed by atoms with E-state index in [2.05, 4.69) is 10.6 Å². The Bertz CT molecular complexity index is 1210. The molecule has 1 saturated heterocycles. The van der Waals surface area contributed by atoms with Gasteiger partial charge in [-0.3, -0.25) is 14.4 Å². The van der Waals surface area contributed by atoms with Crippen molar-refractivity contribution in [3.63, 3.8) is 0 Å². The van der Waals surface area contributed by atoms with Crippen molar-refractivity contribution >= 4 is 29.1 Å². The third-order valence-corrected chi connectivity index (χ3v) is 6.11. The summed E-state index contributed by atoms with van der Waals surface area (Å²) >= 11 is 0. The lowest BCUT2D eigenvalue weighted by Gasteiger charge is -2.17. The Hall–Kier alpha value is -4.13. The molecule has 3 aromatic rings. The van der Waals surface area contributed by atoms with Gasteiger partial charge in [0.15, 0.2) is 6.61 Å². The number of carbonyl (C=O) groups excluding carboxylic acids is 3. The molecule has 1 heterocycles. The second-order valence-corrected chi connectivity index (χ2v) is 8.74. The molecule has 0 aliphatic carbocycles. The maximum atomic E-state index is 12.6. The van der Waals surface area contributed by atoms with Crippen molar-refractivity contribution in [2.45, 2.75) is 26.8 Å². The van der Waals surface area contributed by atoms with Gasteiger partial charge in [-0.05, 0) is 66.9 Å². The van der Waals surface area contributed by atoms with Crippen LogP contribution >= 0.6 is 0 Å². The van der Waals surface area contributed by atoms with Crippen LogP contribution in [0.4, 0.5) is 11.4 Å². The first kappa shape index (κ1) is 24.0. The smallest absolute Gasteiger partial charge is 0.262 e. The van der Waals surface area contributed by atoms with Crippen LogP contribution in [0.1, 0.15) is 23.1 Å². The van der Waals surface area contributed by atoms with Gasteiger partial charge in [0.05, 0.1) is 5.92 Å². The van der Waals surface area contributed by atoms with Gasteiger partial charge in [0, 0.05) is 30.9 Å². The van der Waals surface area contributed by atoms with Gasteiger partial charge in [-0.2, -0.15) is 0 Å². The Labute approximate surface area is 205 Å². The van der Waals surface area contributed by atoms with E-state index in [1.54, 1.807) is 29.2 Å². The molecular formula is C28H29N3O4. The largest absolute Gasteiger partial charge is 0.484 e. The molecule has 1 aliphatic heterocycles. The zero-order valence-electron chi connectivity index (χ0n) is 19.9. The van der Waals surface area contributed by atoms with Crippen molar-refractivity contribution in [2.24, 2.45) is 5.92 Å². The van der Waals surface area contributed by atoms with Gasteiger partial charge in [0.1, 0.15) is 5.75 Å². The number of nitrogens with zero attached hydrogens (tertiary/aromatic N) is 1. The first-order chi connectivity index (χ1) is 16.9. The predicted molar refractivity (Wildman–Crippen MR) is 135 cm³/mol. The van der Waals surface area contributed by atoms with E-state index in [9.17, 15) is 14.4 Å². The van der Waals surface area contributed by atoms with Crippen LogP contribution in [0.25, 0.3) is 0 Å². The van der Waals surface area contributed by atoms with E-state index in [1.165, 1.54) is 0 Å². The molecule has 0 unspecified atom stereocenters. The van der Waals surface area contributed by atoms with Crippen LogP contribution in [0, 0.1) is 19.8 Å². The van der Waals surface area contributed by atoms with Crippen molar-refractivity contribution in [1.82, 2.24) is 5.32 Å². The minimum atomic E-state index is -0.392. The predicted octanol–water partition coefficient (Wildman–Crippen LogP) is 3.99. The van der Waals surface area contributed by atoms with Gasteiger partial charge in [0.2, 0.25) is 11.8 Å². The summed E-state index contributed by atoms with van der Waals surface area (Å²) in [5, 5.41) is 5.74. The second-order valence-electron chi connectivity index (χ2n) is 8.74. The van der Waals surface area contributed by atoms with Crippen LogP contribution in [0.5, 0.6) is 5.75 Å². The van der Waals surface area contributed by atoms with Crippen molar-refractivity contribution < 1.29 is 19.1 Å². The van der Waals surface area contributed by atoms with Gasteiger partial charge in [-0.15, -0.1) is 0 Å². The first-order valence-electron chi connectivity index (χ1n) is 11.6. The van der Waals surface area contributed by atoms with Crippen molar-refractivity contribution in [1.29, 1.82) is 0 Å². The zero-order valence-corrected chi connectivity index (χ0v) is 19.9. The standard InChI is InChI=1S/C28H29N3O4/c1-19-8-9-23(14-20(19)2)30-26(32)18-35-25-12-10-24(11-13-25)31-17-22(15-27(31)33)28(34)29-16-21-6-4-3-5-7-21/h3-14,22H,15-18H2,1-2H3,(H,29,34)(H,30,32)/t22-/m1/s1. The molecule has 180 valence electrons. The number of hydrogen-bond acceptors (Lipinski definition) is 4. The molecule has 7 heteroatoms. The van der Waals surface area contributed by atoms with Crippen molar-refractivity contribution in [2.75, 3.05) is 23.4 Å². The summed E-state index contributed by atoms with van der Waals surface area (Å²) in [5.41, 5.74) is 4.70. The molecule has 1 atom stereocenters. The Kier molecular flexibility index (Phi) is 7.45. The summed E-state index contributed by atoms with van der Waals surface area (Å²) in [6.07, 6.45) is 0.178. The minimum Gasteiger partial charge on any atom is -0.484 e. The molecule has 2 N–H and O–H groups in total. The van der Waals surface area contributed by atoms with Crippen molar-refractivity contribution in [3.8, 4) is 5.75 Å². The van der Waals surface area contributed by atoms with Crippen LogP contribution in [-0.2, 0) is 20.9 Å². The molecule has 0 bridgehead atoms. The number of rotatable bonds is 8. The first-order valence-corrected chi connectivity index (χ1v) is 11.6. The third kappa shape index (κ3) is 6.26. The molecule has 1 aliphatic rings. The Morgan fingerprint density at radius 2 is 1.71 bits per heavy atom. The van der Waals surface area contributed by atoms with E-state index in [4.69, 9.17) is 4.74 Å². The highest BCUT2D eigenvalue weighted by molar-refractivity contribution is 6.00. The molecule has 35 heavy (non-hydrogen) atoms. The lowest BCUT2D eigenvalue weighted by molar-refractivity contribution is -0.126. The number of aryl methyl sites for hydroxylation is 2. The van der Waals surface area contributed by atoms with Crippen LogP contribution in [0.15, 0.2) is 72.8 Å². The summed E-state index contributed by atoms with van der Waals surface area (Å²) in [6.45, 7) is 4.65. The van der Waals surface area contributed by atoms with Crippen LogP contribution in [0.3, 0.4) is 0 Å². The summed E-state index contributed by atoms with van der Waals surface area (Å²) in [7, 11) is 0. The number of anilines is 2. The molecule has 3 aromatic carbocycles. The molecule has 0 saturated carbocycles. The van der Waals surface area contributed by atoms with Gasteiger partial charge in [-0.1, -0.05) is 36.4 Å². The lowest BCUT2D eigenvalue weighted by Crippen LogP contribution is -2.32. The topological polar surface area (TPSA) is 87.7 Å². The molecule has 0 aromatic heterocycles. The van der Waals surface area contributed by atoms with Crippen LogP contribution < -0.4 is 20.3 Å². The van der Waals surface area contributed by atoms with Gasteiger partial charge >= 0.3 is 0 Å². The Balaban J connectivity index is 1.27. The number of hydrogen-bond donors (Lipinski definition) is 2. The van der Waals surface area contributed by atoms with E-state index in [1.807, 2.05) is 62.4 Å². The number of benzene rings is 3. The van der Waals surface area contributed by atoms with Gasteiger partial charge < -0.3 is 20.3 Å². The number of ether oxygens (including phenoxy) is 1. The summed E-state index contributed by atoms with van der Waals surface area (Å²) in [5.74, 6) is -0.342.